The highest BCUT2D eigenvalue weighted by molar-refractivity contribution is 5.96. The molecule has 186 valence electrons. The van der Waals surface area contributed by atoms with Crippen LogP contribution in [0, 0.1) is 5.82 Å². The summed E-state index contributed by atoms with van der Waals surface area (Å²) in [5.74, 6) is -1.78. The largest absolute Gasteiger partial charge is 0.384 e. The van der Waals surface area contributed by atoms with E-state index in [1.807, 2.05) is 19.0 Å². The summed E-state index contributed by atoms with van der Waals surface area (Å²) in [4.78, 5) is 37.3. The molecule has 0 aliphatic rings. The SMILES string of the molecule is COCc1ccc(C(NC(=O)c2cc(=O)[nH]o2)C(=O)Cc2ccc(C(C)(C)COC)c(F)c2)cc1. The molecule has 0 fully saturated rings. The van der Waals surface area contributed by atoms with Crippen LogP contribution in [0.25, 0.3) is 0 Å². The monoisotopic (exact) mass is 484 g/mol. The molecule has 2 N–H and O–H groups in total. The maximum absolute atomic E-state index is 14.9. The molecule has 0 radical (unpaired) electrons. The van der Waals surface area contributed by atoms with E-state index in [9.17, 15) is 18.8 Å². The lowest BCUT2D eigenvalue weighted by Crippen LogP contribution is -2.34. The van der Waals surface area contributed by atoms with Gasteiger partial charge in [-0.05, 0) is 28.3 Å². The second kappa shape index (κ2) is 11.2. The Balaban J connectivity index is 1.86. The average molecular weight is 485 g/mol. The van der Waals surface area contributed by atoms with Crippen LogP contribution in [-0.2, 0) is 32.7 Å². The Morgan fingerprint density at radius 1 is 1.06 bits per heavy atom. The zero-order valence-electron chi connectivity index (χ0n) is 20.1. The molecule has 9 heteroatoms. The minimum absolute atomic E-state index is 0.121. The number of ketones is 1. The normalized spacial score (nSPS) is 12.4. The van der Waals surface area contributed by atoms with E-state index in [-0.39, 0.29) is 18.0 Å². The Labute approximate surface area is 202 Å². The molecule has 0 saturated heterocycles. The topological polar surface area (TPSA) is 111 Å². The number of Topliss-reactive ketones (excluding diaryl/α,β-unsaturated/α-hetero) is 1. The number of carbonyl (C=O) groups excluding carboxylic acids is 2. The van der Waals surface area contributed by atoms with Crippen molar-refractivity contribution >= 4 is 11.7 Å². The van der Waals surface area contributed by atoms with E-state index in [1.54, 1.807) is 50.6 Å². The van der Waals surface area contributed by atoms with Gasteiger partial charge in [-0.2, -0.15) is 5.16 Å². The highest BCUT2D eigenvalue weighted by atomic mass is 19.1. The van der Waals surface area contributed by atoms with Gasteiger partial charge in [0.15, 0.2) is 5.78 Å². The summed E-state index contributed by atoms with van der Waals surface area (Å²) in [6.07, 6.45) is -0.121. The number of rotatable bonds is 11. The van der Waals surface area contributed by atoms with Crippen molar-refractivity contribution in [2.45, 2.75) is 38.3 Å². The van der Waals surface area contributed by atoms with Crippen LogP contribution < -0.4 is 10.9 Å². The minimum atomic E-state index is -1.05. The Bertz CT molecular complexity index is 1230. The minimum Gasteiger partial charge on any atom is -0.384 e. The number of halogens is 1. The average Bonchev–Trinajstić information content (AvgIpc) is 3.24. The van der Waals surface area contributed by atoms with Crippen molar-refractivity contribution in [2.75, 3.05) is 20.8 Å². The lowest BCUT2D eigenvalue weighted by molar-refractivity contribution is -0.120. The number of aromatic nitrogens is 1. The first kappa shape index (κ1) is 26.1. The Kier molecular flexibility index (Phi) is 8.37. The number of hydrogen-bond acceptors (Lipinski definition) is 6. The van der Waals surface area contributed by atoms with E-state index in [0.717, 1.165) is 11.6 Å². The van der Waals surface area contributed by atoms with Crippen molar-refractivity contribution in [3.63, 3.8) is 0 Å². The van der Waals surface area contributed by atoms with E-state index in [2.05, 4.69) is 5.32 Å². The molecule has 1 unspecified atom stereocenters. The Morgan fingerprint density at radius 2 is 1.74 bits per heavy atom. The van der Waals surface area contributed by atoms with Crippen molar-refractivity contribution in [1.82, 2.24) is 10.5 Å². The van der Waals surface area contributed by atoms with Gasteiger partial charge in [0.1, 0.15) is 11.9 Å². The van der Waals surface area contributed by atoms with Gasteiger partial charge in [0.25, 0.3) is 11.5 Å². The van der Waals surface area contributed by atoms with E-state index < -0.39 is 28.7 Å². The van der Waals surface area contributed by atoms with E-state index >= 15 is 0 Å². The van der Waals surface area contributed by atoms with Gasteiger partial charge < -0.3 is 19.3 Å². The third-order valence-corrected chi connectivity index (χ3v) is 5.62. The highest BCUT2D eigenvalue weighted by Crippen LogP contribution is 2.27. The fourth-order valence-corrected chi connectivity index (χ4v) is 3.88. The zero-order chi connectivity index (χ0) is 25.6. The van der Waals surface area contributed by atoms with E-state index in [0.29, 0.717) is 29.9 Å². The summed E-state index contributed by atoms with van der Waals surface area (Å²) >= 11 is 0. The molecule has 1 heterocycles. The van der Waals surface area contributed by atoms with Crippen LogP contribution in [0.2, 0.25) is 0 Å². The lowest BCUT2D eigenvalue weighted by Gasteiger charge is -2.25. The number of amides is 1. The van der Waals surface area contributed by atoms with Crippen LogP contribution in [0.1, 0.15) is 52.7 Å². The molecule has 8 nitrogen and oxygen atoms in total. The predicted molar refractivity (Wildman–Crippen MR) is 127 cm³/mol. The van der Waals surface area contributed by atoms with Gasteiger partial charge in [0.2, 0.25) is 5.76 Å². The van der Waals surface area contributed by atoms with Gasteiger partial charge in [0, 0.05) is 26.1 Å². The molecule has 0 bridgehead atoms. The fourth-order valence-electron chi connectivity index (χ4n) is 3.88. The maximum Gasteiger partial charge on any atom is 0.290 e. The summed E-state index contributed by atoms with van der Waals surface area (Å²) in [5, 5.41) is 4.66. The molecule has 1 amide bonds. The molecule has 35 heavy (non-hydrogen) atoms. The van der Waals surface area contributed by atoms with Crippen molar-refractivity contribution in [2.24, 2.45) is 0 Å². The van der Waals surface area contributed by atoms with Crippen molar-refractivity contribution in [3.05, 3.63) is 92.7 Å². The number of methoxy groups -OCH3 is 2. The van der Waals surface area contributed by atoms with Crippen LogP contribution >= 0.6 is 0 Å². The second-order valence-corrected chi connectivity index (χ2v) is 8.93. The molecule has 0 saturated carbocycles. The number of aromatic amines is 1. The quantitative estimate of drug-likeness (QED) is 0.431. The molecule has 1 aromatic heterocycles. The van der Waals surface area contributed by atoms with Crippen LogP contribution in [0.5, 0.6) is 0 Å². The number of benzene rings is 2. The summed E-state index contributed by atoms with van der Waals surface area (Å²) in [6.45, 7) is 4.48. The van der Waals surface area contributed by atoms with Crippen LogP contribution in [0.4, 0.5) is 4.39 Å². The number of H-pyrrole nitrogens is 1. The number of carbonyl (C=O) groups is 2. The number of ether oxygens (including phenoxy) is 2. The Morgan fingerprint density at radius 3 is 2.31 bits per heavy atom. The molecule has 2 aromatic carbocycles. The van der Waals surface area contributed by atoms with Gasteiger partial charge in [-0.25, -0.2) is 4.39 Å². The van der Waals surface area contributed by atoms with E-state index in [1.165, 1.54) is 6.07 Å². The standard InChI is InChI=1S/C26H29FN2O6/c1-26(2,15-34-4)19-10-7-17(11-20(19)27)12-21(30)24(18-8-5-16(6-9-18)14-33-3)28-25(32)22-13-23(31)29-35-22/h5-11,13,24H,12,14-15H2,1-4H3,(H,28,32)(H,29,31). The Hall–Kier alpha value is -3.56. The summed E-state index contributed by atoms with van der Waals surface area (Å²) < 4.78 is 30.1. The fraction of sp³-hybridized carbons (Fsp3) is 0.346. The van der Waals surface area contributed by atoms with Gasteiger partial charge in [-0.15, -0.1) is 0 Å². The summed E-state index contributed by atoms with van der Waals surface area (Å²) in [6, 6.07) is 11.6. The lowest BCUT2D eigenvalue weighted by atomic mass is 9.84. The zero-order valence-corrected chi connectivity index (χ0v) is 20.1. The molecule has 0 spiro atoms. The number of nitrogens with one attached hydrogen (secondary N) is 2. The summed E-state index contributed by atoms with van der Waals surface area (Å²) in [7, 11) is 3.13. The van der Waals surface area contributed by atoms with Crippen LogP contribution in [0.3, 0.4) is 0 Å². The van der Waals surface area contributed by atoms with E-state index in [4.69, 9.17) is 14.0 Å². The molecule has 0 aliphatic heterocycles. The van der Waals surface area contributed by atoms with Crippen LogP contribution in [-0.4, -0.2) is 37.7 Å². The second-order valence-electron chi connectivity index (χ2n) is 8.93. The molecule has 3 aromatic rings. The summed E-state index contributed by atoms with van der Waals surface area (Å²) in [5.41, 5.74) is 1.25. The van der Waals surface area contributed by atoms with Crippen molar-refractivity contribution in [1.29, 1.82) is 0 Å². The molecule has 0 aliphatic carbocycles. The highest BCUT2D eigenvalue weighted by Gasteiger charge is 2.27. The third-order valence-electron chi connectivity index (χ3n) is 5.62. The predicted octanol–water partition coefficient (Wildman–Crippen LogP) is 3.46. The van der Waals surface area contributed by atoms with Gasteiger partial charge in [0.05, 0.1) is 19.3 Å². The first-order valence-electron chi connectivity index (χ1n) is 11.0. The molecular weight excluding hydrogens is 455 g/mol. The molecular formula is C26H29FN2O6. The van der Waals surface area contributed by atoms with Gasteiger partial charge >= 0.3 is 0 Å². The molecule has 3 rings (SSSR count). The van der Waals surface area contributed by atoms with Gasteiger partial charge in [-0.3, -0.25) is 14.4 Å². The smallest absolute Gasteiger partial charge is 0.290 e. The maximum atomic E-state index is 14.9. The van der Waals surface area contributed by atoms with Crippen molar-refractivity contribution < 1.29 is 28.0 Å². The van der Waals surface area contributed by atoms with Gasteiger partial charge in [-0.1, -0.05) is 50.2 Å². The van der Waals surface area contributed by atoms with Crippen LogP contribution in [0.15, 0.2) is 57.8 Å². The first-order valence-corrected chi connectivity index (χ1v) is 11.0. The number of hydrogen-bond donors (Lipinski definition) is 2. The van der Waals surface area contributed by atoms with Crippen molar-refractivity contribution in [3.8, 4) is 0 Å². The molecule has 1 atom stereocenters. The third kappa shape index (κ3) is 6.52. The first-order chi connectivity index (χ1) is 16.6.